The van der Waals surface area contributed by atoms with E-state index >= 15 is 0 Å². The lowest BCUT2D eigenvalue weighted by Crippen LogP contribution is -1.78. The third-order valence-corrected chi connectivity index (χ3v) is 2.78. The van der Waals surface area contributed by atoms with Crippen molar-refractivity contribution in [2.45, 2.75) is 13.8 Å². The molecule has 0 saturated heterocycles. The number of aryl methyl sites for hydroxylation is 1. The fraction of sp³-hybridized carbons (Fsp3) is 0.176. The molecule has 19 heavy (non-hydrogen) atoms. The molecule has 98 valence electrons. The molecular weight excluding hydrogens is 236 g/mol. The molecule has 0 bridgehead atoms. The van der Waals surface area contributed by atoms with Crippen LogP contribution in [0.15, 0.2) is 58.7 Å². The Balaban J connectivity index is 2.21. The van der Waals surface area contributed by atoms with E-state index in [1.165, 1.54) is 5.56 Å². The van der Waals surface area contributed by atoms with Crippen LogP contribution in [0.4, 0.5) is 0 Å². The number of hydrogen-bond donors (Lipinski definition) is 0. The van der Waals surface area contributed by atoms with Crippen molar-refractivity contribution in [1.29, 1.82) is 0 Å². The number of ether oxygens (including phenoxy) is 1. The molecule has 0 aliphatic rings. The SMILES string of the molecule is C\C=C/C(=C\C=C\c1cc2cc(C)ccc2o1)OC. The maximum Gasteiger partial charge on any atom is 0.134 e. The summed E-state index contributed by atoms with van der Waals surface area (Å²) in [6, 6.07) is 8.20. The van der Waals surface area contributed by atoms with Crippen LogP contribution in [0.2, 0.25) is 0 Å². The summed E-state index contributed by atoms with van der Waals surface area (Å²) in [5.41, 5.74) is 2.15. The van der Waals surface area contributed by atoms with E-state index in [2.05, 4.69) is 13.0 Å². The number of allylic oxidation sites excluding steroid dienone is 4. The Labute approximate surface area is 113 Å². The van der Waals surface area contributed by atoms with Crippen LogP contribution in [0.1, 0.15) is 18.2 Å². The Hall–Kier alpha value is -2.22. The van der Waals surface area contributed by atoms with Gasteiger partial charge in [-0.05, 0) is 50.3 Å². The maximum atomic E-state index is 5.72. The molecule has 0 saturated carbocycles. The second-order valence-electron chi connectivity index (χ2n) is 4.32. The minimum Gasteiger partial charge on any atom is -0.497 e. The highest BCUT2D eigenvalue weighted by molar-refractivity contribution is 5.80. The van der Waals surface area contributed by atoms with E-state index in [4.69, 9.17) is 9.15 Å². The van der Waals surface area contributed by atoms with Crippen LogP contribution in [-0.4, -0.2) is 7.11 Å². The Morgan fingerprint density at radius 3 is 2.84 bits per heavy atom. The van der Waals surface area contributed by atoms with Gasteiger partial charge >= 0.3 is 0 Å². The standard InChI is InChI=1S/C17H18O2/c1-4-6-15(18-3)7-5-8-16-12-14-11-13(2)9-10-17(14)19-16/h4-12H,1-3H3/b6-4-,8-5+,15-7+. The Morgan fingerprint density at radius 2 is 2.11 bits per heavy atom. The first kappa shape index (κ1) is 13.2. The van der Waals surface area contributed by atoms with Crippen LogP contribution in [0.3, 0.4) is 0 Å². The average Bonchev–Trinajstić information content (AvgIpc) is 2.79. The molecule has 0 unspecified atom stereocenters. The number of hydrogen-bond acceptors (Lipinski definition) is 2. The van der Waals surface area contributed by atoms with Crippen molar-refractivity contribution in [2.24, 2.45) is 0 Å². The quantitative estimate of drug-likeness (QED) is 0.574. The van der Waals surface area contributed by atoms with E-state index < -0.39 is 0 Å². The zero-order valence-corrected chi connectivity index (χ0v) is 11.5. The van der Waals surface area contributed by atoms with E-state index in [9.17, 15) is 0 Å². The highest BCUT2D eigenvalue weighted by Gasteiger charge is 2.00. The van der Waals surface area contributed by atoms with Crippen LogP contribution in [0.25, 0.3) is 17.0 Å². The molecular formula is C17H18O2. The summed E-state index contributed by atoms with van der Waals surface area (Å²) >= 11 is 0. The Bertz CT molecular complexity index is 642. The lowest BCUT2D eigenvalue weighted by atomic mass is 10.2. The third kappa shape index (κ3) is 3.38. The number of methoxy groups -OCH3 is 1. The second kappa shape index (κ2) is 6.10. The lowest BCUT2D eigenvalue weighted by Gasteiger charge is -1.96. The summed E-state index contributed by atoms with van der Waals surface area (Å²) in [5, 5.41) is 1.13. The summed E-state index contributed by atoms with van der Waals surface area (Å²) in [6.07, 6.45) is 9.60. The van der Waals surface area contributed by atoms with Crippen molar-refractivity contribution in [2.75, 3.05) is 7.11 Å². The molecule has 0 spiro atoms. The van der Waals surface area contributed by atoms with Gasteiger partial charge in [-0.1, -0.05) is 23.8 Å². The van der Waals surface area contributed by atoms with Crippen molar-refractivity contribution in [3.05, 3.63) is 65.7 Å². The average molecular weight is 254 g/mol. The summed E-state index contributed by atoms with van der Waals surface area (Å²) < 4.78 is 10.9. The minimum atomic E-state index is 0.811. The predicted molar refractivity (Wildman–Crippen MR) is 79.9 cm³/mol. The second-order valence-corrected chi connectivity index (χ2v) is 4.32. The van der Waals surface area contributed by atoms with Crippen LogP contribution in [0.5, 0.6) is 0 Å². The summed E-state index contributed by atoms with van der Waals surface area (Å²) in [7, 11) is 1.66. The van der Waals surface area contributed by atoms with Gasteiger partial charge in [-0.25, -0.2) is 0 Å². The first-order valence-corrected chi connectivity index (χ1v) is 6.28. The van der Waals surface area contributed by atoms with Gasteiger partial charge in [-0.15, -0.1) is 0 Å². The summed E-state index contributed by atoms with van der Waals surface area (Å²) in [4.78, 5) is 0. The molecule has 2 rings (SSSR count). The van der Waals surface area contributed by atoms with Gasteiger partial charge in [0.2, 0.25) is 0 Å². The van der Waals surface area contributed by atoms with E-state index in [0.717, 1.165) is 22.5 Å². The zero-order valence-electron chi connectivity index (χ0n) is 11.5. The van der Waals surface area contributed by atoms with Gasteiger partial charge in [0.15, 0.2) is 0 Å². The number of furan rings is 1. The first-order valence-electron chi connectivity index (χ1n) is 6.28. The van der Waals surface area contributed by atoms with Gasteiger partial charge in [-0.3, -0.25) is 0 Å². The molecule has 0 radical (unpaired) electrons. The molecule has 0 atom stereocenters. The van der Waals surface area contributed by atoms with Gasteiger partial charge in [0, 0.05) is 5.39 Å². The smallest absolute Gasteiger partial charge is 0.134 e. The normalized spacial score (nSPS) is 12.9. The molecule has 2 nitrogen and oxygen atoms in total. The van der Waals surface area contributed by atoms with Crippen molar-refractivity contribution in [3.63, 3.8) is 0 Å². The van der Waals surface area contributed by atoms with Gasteiger partial charge in [-0.2, -0.15) is 0 Å². The van der Waals surface area contributed by atoms with Crippen molar-refractivity contribution < 1.29 is 9.15 Å². The largest absolute Gasteiger partial charge is 0.497 e. The molecule has 2 aromatic rings. The van der Waals surface area contributed by atoms with Crippen LogP contribution in [0, 0.1) is 6.92 Å². The molecule has 0 amide bonds. The molecule has 0 N–H and O–H groups in total. The van der Waals surface area contributed by atoms with Crippen molar-refractivity contribution in [3.8, 4) is 0 Å². The van der Waals surface area contributed by atoms with E-state index in [1.54, 1.807) is 7.11 Å². The molecule has 0 aliphatic heterocycles. The first-order chi connectivity index (χ1) is 9.22. The zero-order chi connectivity index (χ0) is 13.7. The van der Waals surface area contributed by atoms with Gasteiger partial charge < -0.3 is 9.15 Å². The topological polar surface area (TPSA) is 22.4 Å². The highest BCUT2D eigenvalue weighted by Crippen LogP contribution is 2.21. The van der Waals surface area contributed by atoms with E-state index in [-0.39, 0.29) is 0 Å². The molecule has 1 aromatic heterocycles. The number of benzene rings is 1. The molecule has 1 aromatic carbocycles. The van der Waals surface area contributed by atoms with Gasteiger partial charge in [0.25, 0.3) is 0 Å². The fourth-order valence-electron chi connectivity index (χ4n) is 1.86. The Morgan fingerprint density at radius 1 is 1.26 bits per heavy atom. The van der Waals surface area contributed by atoms with E-state index in [1.807, 2.05) is 55.5 Å². The molecule has 2 heteroatoms. The predicted octanol–water partition coefficient (Wildman–Crippen LogP) is 4.86. The van der Waals surface area contributed by atoms with Crippen molar-refractivity contribution in [1.82, 2.24) is 0 Å². The fourth-order valence-corrected chi connectivity index (χ4v) is 1.86. The van der Waals surface area contributed by atoms with Gasteiger partial charge in [0.05, 0.1) is 7.11 Å². The number of fused-ring (bicyclic) bond motifs is 1. The Kier molecular flexibility index (Phi) is 4.24. The van der Waals surface area contributed by atoms with Crippen LogP contribution >= 0.6 is 0 Å². The lowest BCUT2D eigenvalue weighted by molar-refractivity contribution is 0.307. The van der Waals surface area contributed by atoms with Crippen molar-refractivity contribution >= 4 is 17.0 Å². The molecule has 1 heterocycles. The minimum absolute atomic E-state index is 0.811. The maximum absolute atomic E-state index is 5.72. The number of rotatable bonds is 4. The van der Waals surface area contributed by atoms with Crippen LogP contribution in [-0.2, 0) is 4.74 Å². The highest BCUT2D eigenvalue weighted by atomic mass is 16.5. The summed E-state index contributed by atoms with van der Waals surface area (Å²) in [5.74, 6) is 1.65. The molecule has 0 fully saturated rings. The van der Waals surface area contributed by atoms with E-state index in [0.29, 0.717) is 0 Å². The van der Waals surface area contributed by atoms with Gasteiger partial charge in [0.1, 0.15) is 17.1 Å². The molecule has 0 aliphatic carbocycles. The monoisotopic (exact) mass is 254 g/mol. The van der Waals surface area contributed by atoms with Crippen LogP contribution < -0.4 is 0 Å². The summed E-state index contributed by atoms with van der Waals surface area (Å²) in [6.45, 7) is 4.03. The third-order valence-electron chi connectivity index (χ3n) is 2.78.